The van der Waals surface area contributed by atoms with Gasteiger partial charge in [-0.3, -0.25) is 0 Å². The van der Waals surface area contributed by atoms with Crippen molar-refractivity contribution < 1.29 is 0 Å². The molecule has 1 atom stereocenters. The van der Waals surface area contributed by atoms with E-state index in [9.17, 15) is 0 Å². The van der Waals surface area contributed by atoms with Gasteiger partial charge in [0.1, 0.15) is 0 Å². The standard InChI is InChI=1S/C14H21Cl/c1-8(2)14(15)13-11(5)9(3)7-10(4)12(13)6/h7-8,14H,1-6H3. The minimum atomic E-state index is 0.128. The van der Waals surface area contributed by atoms with Crippen LogP contribution in [0, 0.1) is 33.6 Å². The average Bonchev–Trinajstić information content (AvgIpc) is 2.15. The van der Waals surface area contributed by atoms with Gasteiger partial charge in [0.25, 0.3) is 0 Å². The molecule has 1 heteroatoms. The molecule has 0 aliphatic carbocycles. The highest BCUT2D eigenvalue weighted by atomic mass is 35.5. The van der Waals surface area contributed by atoms with E-state index < -0.39 is 0 Å². The van der Waals surface area contributed by atoms with E-state index in [4.69, 9.17) is 11.6 Å². The van der Waals surface area contributed by atoms with Gasteiger partial charge >= 0.3 is 0 Å². The second kappa shape index (κ2) is 4.57. The summed E-state index contributed by atoms with van der Waals surface area (Å²) in [5, 5.41) is 0.128. The number of hydrogen-bond donors (Lipinski definition) is 0. The van der Waals surface area contributed by atoms with Crippen LogP contribution in [0.25, 0.3) is 0 Å². The Balaban J connectivity index is 3.39. The van der Waals surface area contributed by atoms with Crippen molar-refractivity contribution in [3.8, 4) is 0 Å². The molecule has 0 fully saturated rings. The Morgan fingerprint density at radius 1 is 0.933 bits per heavy atom. The minimum absolute atomic E-state index is 0.128. The zero-order valence-electron chi connectivity index (χ0n) is 10.6. The summed E-state index contributed by atoms with van der Waals surface area (Å²) in [4.78, 5) is 0. The van der Waals surface area contributed by atoms with Gasteiger partial charge in [0.15, 0.2) is 0 Å². The van der Waals surface area contributed by atoms with Crippen molar-refractivity contribution in [1.82, 2.24) is 0 Å². The molecule has 0 amide bonds. The molecule has 0 saturated carbocycles. The molecule has 0 aliphatic rings. The third-order valence-corrected chi connectivity index (χ3v) is 4.01. The summed E-state index contributed by atoms with van der Waals surface area (Å²) in [6.45, 7) is 13.0. The fourth-order valence-electron chi connectivity index (χ4n) is 1.99. The number of hydrogen-bond acceptors (Lipinski definition) is 0. The van der Waals surface area contributed by atoms with Crippen molar-refractivity contribution in [1.29, 1.82) is 0 Å². The maximum Gasteiger partial charge on any atom is 0.0613 e. The molecule has 84 valence electrons. The number of benzene rings is 1. The van der Waals surface area contributed by atoms with E-state index in [2.05, 4.69) is 47.6 Å². The Kier molecular flexibility index (Phi) is 3.83. The molecule has 1 aromatic rings. The normalized spacial score (nSPS) is 13.3. The summed E-state index contributed by atoms with van der Waals surface area (Å²) in [5.74, 6) is 0.477. The number of rotatable bonds is 2. The molecule has 0 spiro atoms. The summed E-state index contributed by atoms with van der Waals surface area (Å²) < 4.78 is 0. The van der Waals surface area contributed by atoms with Crippen LogP contribution in [0.15, 0.2) is 6.07 Å². The molecule has 0 aliphatic heterocycles. The van der Waals surface area contributed by atoms with E-state index in [-0.39, 0.29) is 5.38 Å². The quantitative estimate of drug-likeness (QED) is 0.630. The Morgan fingerprint density at radius 3 is 1.67 bits per heavy atom. The van der Waals surface area contributed by atoms with Gasteiger partial charge in [0, 0.05) is 0 Å². The molecular weight excluding hydrogens is 204 g/mol. The molecule has 1 aromatic carbocycles. The lowest BCUT2D eigenvalue weighted by Crippen LogP contribution is -2.06. The maximum absolute atomic E-state index is 6.50. The monoisotopic (exact) mass is 224 g/mol. The van der Waals surface area contributed by atoms with Crippen LogP contribution >= 0.6 is 11.6 Å². The van der Waals surface area contributed by atoms with Gasteiger partial charge in [0.05, 0.1) is 5.38 Å². The second-order valence-electron chi connectivity index (χ2n) is 4.82. The van der Waals surface area contributed by atoms with Crippen LogP contribution in [-0.2, 0) is 0 Å². The lowest BCUT2D eigenvalue weighted by molar-refractivity contribution is 0.618. The molecule has 1 unspecified atom stereocenters. The van der Waals surface area contributed by atoms with Crippen LogP contribution in [0.4, 0.5) is 0 Å². The van der Waals surface area contributed by atoms with E-state index in [0.717, 1.165) is 0 Å². The molecule has 0 saturated heterocycles. The Bertz CT molecular complexity index is 338. The van der Waals surface area contributed by atoms with Crippen LogP contribution in [0.1, 0.15) is 47.0 Å². The van der Waals surface area contributed by atoms with Gasteiger partial charge < -0.3 is 0 Å². The minimum Gasteiger partial charge on any atom is -0.118 e. The first-order valence-corrected chi connectivity index (χ1v) is 6.01. The van der Waals surface area contributed by atoms with Crippen LogP contribution < -0.4 is 0 Å². The maximum atomic E-state index is 6.50. The number of alkyl halides is 1. The second-order valence-corrected chi connectivity index (χ2v) is 5.29. The Labute approximate surface area is 98.7 Å². The van der Waals surface area contributed by atoms with Crippen molar-refractivity contribution in [2.24, 2.45) is 5.92 Å². The first-order chi connectivity index (χ1) is 6.86. The number of halogens is 1. The predicted octanol–water partition coefficient (Wildman–Crippen LogP) is 4.86. The molecule has 15 heavy (non-hydrogen) atoms. The molecule has 0 N–H and O–H groups in total. The van der Waals surface area contributed by atoms with E-state index in [1.54, 1.807) is 0 Å². The van der Waals surface area contributed by atoms with Crippen LogP contribution in [0.2, 0.25) is 0 Å². The van der Waals surface area contributed by atoms with Gasteiger partial charge in [-0.25, -0.2) is 0 Å². The highest BCUT2D eigenvalue weighted by molar-refractivity contribution is 6.21. The topological polar surface area (TPSA) is 0 Å². The predicted molar refractivity (Wildman–Crippen MR) is 68.8 cm³/mol. The first-order valence-electron chi connectivity index (χ1n) is 5.57. The van der Waals surface area contributed by atoms with Gasteiger partial charge in [0.2, 0.25) is 0 Å². The summed E-state index contributed by atoms with van der Waals surface area (Å²) >= 11 is 6.50. The van der Waals surface area contributed by atoms with E-state index in [1.165, 1.54) is 27.8 Å². The van der Waals surface area contributed by atoms with Crippen molar-refractivity contribution in [2.75, 3.05) is 0 Å². The summed E-state index contributed by atoms with van der Waals surface area (Å²) in [6, 6.07) is 2.25. The van der Waals surface area contributed by atoms with Crippen molar-refractivity contribution in [3.05, 3.63) is 33.9 Å². The van der Waals surface area contributed by atoms with Crippen molar-refractivity contribution in [2.45, 2.75) is 46.9 Å². The Morgan fingerprint density at radius 2 is 1.33 bits per heavy atom. The average molecular weight is 225 g/mol. The third-order valence-electron chi connectivity index (χ3n) is 3.29. The molecule has 0 nitrogen and oxygen atoms in total. The highest BCUT2D eigenvalue weighted by Gasteiger charge is 2.19. The molecular formula is C14H21Cl. The van der Waals surface area contributed by atoms with E-state index >= 15 is 0 Å². The first kappa shape index (κ1) is 12.6. The Hall–Kier alpha value is -0.490. The van der Waals surface area contributed by atoms with E-state index in [0.29, 0.717) is 5.92 Å². The zero-order valence-corrected chi connectivity index (χ0v) is 11.4. The molecule has 0 aromatic heterocycles. The summed E-state index contributed by atoms with van der Waals surface area (Å²) in [5.41, 5.74) is 6.74. The fourth-order valence-corrected chi connectivity index (χ4v) is 2.32. The van der Waals surface area contributed by atoms with Crippen LogP contribution in [-0.4, -0.2) is 0 Å². The van der Waals surface area contributed by atoms with Gasteiger partial charge in [-0.05, 0) is 61.4 Å². The third kappa shape index (κ3) is 2.36. The fraction of sp³-hybridized carbons (Fsp3) is 0.571. The van der Waals surface area contributed by atoms with Crippen LogP contribution in [0.5, 0.6) is 0 Å². The zero-order chi connectivity index (χ0) is 11.7. The highest BCUT2D eigenvalue weighted by Crippen LogP contribution is 2.35. The lowest BCUT2D eigenvalue weighted by atomic mass is 9.89. The SMILES string of the molecule is Cc1cc(C)c(C)c(C(Cl)C(C)C)c1C. The lowest BCUT2D eigenvalue weighted by Gasteiger charge is -2.22. The van der Waals surface area contributed by atoms with Crippen LogP contribution in [0.3, 0.4) is 0 Å². The summed E-state index contributed by atoms with van der Waals surface area (Å²) in [6.07, 6.45) is 0. The largest absolute Gasteiger partial charge is 0.118 e. The van der Waals surface area contributed by atoms with Gasteiger partial charge in [-0.2, -0.15) is 0 Å². The summed E-state index contributed by atoms with van der Waals surface area (Å²) in [7, 11) is 0. The van der Waals surface area contributed by atoms with Gasteiger partial charge in [-0.1, -0.05) is 19.9 Å². The molecule has 0 radical (unpaired) electrons. The van der Waals surface area contributed by atoms with Crippen molar-refractivity contribution >= 4 is 11.6 Å². The smallest absolute Gasteiger partial charge is 0.0613 e. The van der Waals surface area contributed by atoms with Crippen molar-refractivity contribution in [3.63, 3.8) is 0 Å². The van der Waals surface area contributed by atoms with Gasteiger partial charge in [-0.15, -0.1) is 11.6 Å². The molecule has 0 bridgehead atoms. The molecule has 1 rings (SSSR count). The molecule has 0 heterocycles. The number of aryl methyl sites for hydroxylation is 2. The van der Waals surface area contributed by atoms with E-state index in [1.807, 2.05) is 0 Å².